The van der Waals surface area contributed by atoms with Crippen LogP contribution in [0.2, 0.25) is 0 Å². The Balaban J connectivity index is 1.34. The van der Waals surface area contributed by atoms with E-state index >= 15 is 0 Å². The van der Waals surface area contributed by atoms with Crippen LogP contribution in [0.25, 0.3) is 0 Å². The van der Waals surface area contributed by atoms with Crippen LogP contribution in [0.4, 0.5) is 6.01 Å². The van der Waals surface area contributed by atoms with Crippen LogP contribution >= 0.6 is 0 Å². The summed E-state index contributed by atoms with van der Waals surface area (Å²) in [7, 11) is 3.95. The lowest BCUT2D eigenvalue weighted by molar-refractivity contribution is 0.278. The number of hydrogen-bond acceptors (Lipinski definition) is 6. The van der Waals surface area contributed by atoms with Crippen LogP contribution in [0, 0.1) is 11.8 Å². The molecule has 6 nitrogen and oxygen atoms in total. The molecule has 0 bridgehead atoms. The van der Waals surface area contributed by atoms with Gasteiger partial charge in [0.05, 0.1) is 7.11 Å². The molecule has 3 aliphatic rings. The van der Waals surface area contributed by atoms with Crippen LogP contribution in [0.15, 0.2) is 28.7 Å². The maximum atomic E-state index is 6.01. The van der Waals surface area contributed by atoms with E-state index in [9.17, 15) is 0 Å². The molecular weight excluding hydrogens is 328 g/mol. The highest BCUT2D eigenvalue weighted by Gasteiger charge is 2.47. The molecule has 1 aliphatic carbocycles. The van der Waals surface area contributed by atoms with Gasteiger partial charge in [-0.2, -0.15) is 0 Å². The Labute approximate surface area is 154 Å². The highest BCUT2D eigenvalue weighted by Crippen LogP contribution is 2.45. The van der Waals surface area contributed by atoms with Crippen molar-refractivity contribution >= 4 is 6.01 Å². The molecule has 2 saturated heterocycles. The summed E-state index contributed by atoms with van der Waals surface area (Å²) < 4.78 is 11.3. The van der Waals surface area contributed by atoms with Crippen molar-refractivity contribution in [2.75, 3.05) is 38.7 Å². The lowest BCUT2D eigenvalue weighted by Crippen LogP contribution is -2.29. The molecule has 1 aromatic heterocycles. The topological polar surface area (TPSA) is 54.6 Å². The number of rotatable bonds is 4. The maximum absolute atomic E-state index is 6.01. The number of methoxy groups -OCH3 is 1. The summed E-state index contributed by atoms with van der Waals surface area (Å²) in [6.45, 7) is 3.10. The monoisotopic (exact) mass is 354 g/mol. The molecule has 5 rings (SSSR count). The number of aromatic nitrogens is 2. The molecule has 0 radical (unpaired) electrons. The van der Waals surface area contributed by atoms with Gasteiger partial charge in [-0.15, -0.1) is 5.10 Å². The smallest absolute Gasteiger partial charge is 0.318 e. The Hall–Kier alpha value is -2.08. The highest BCUT2D eigenvalue weighted by molar-refractivity contribution is 5.34. The SMILES string of the molecule is COc1ccc([C@@H]2[C@@H]3CN(c4nnc(C5CCC5)o4)C[C@@H]3CN2C)cc1. The summed E-state index contributed by atoms with van der Waals surface area (Å²) in [5.74, 6) is 3.48. The summed E-state index contributed by atoms with van der Waals surface area (Å²) in [5.41, 5.74) is 1.36. The van der Waals surface area contributed by atoms with E-state index in [4.69, 9.17) is 9.15 Å². The van der Waals surface area contributed by atoms with Crippen molar-refractivity contribution in [2.24, 2.45) is 11.8 Å². The Bertz CT molecular complexity index is 770. The zero-order chi connectivity index (χ0) is 17.7. The van der Waals surface area contributed by atoms with Crippen molar-refractivity contribution in [1.82, 2.24) is 15.1 Å². The average molecular weight is 354 g/mol. The number of likely N-dealkylation sites (tertiary alicyclic amines) is 1. The number of nitrogens with zero attached hydrogens (tertiary/aromatic N) is 4. The predicted molar refractivity (Wildman–Crippen MR) is 98.4 cm³/mol. The molecule has 138 valence electrons. The van der Waals surface area contributed by atoms with E-state index in [0.29, 0.717) is 23.8 Å². The van der Waals surface area contributed by atoms with Crippen molar-refractivity contribution in [1.29, 1.82) is 0 Å². The Kier molecular flexibility index (Phi) is 3.89. The van der Waals surface area contributed by atoms with Crippen molar-refractivity contribution in [3.8, 4) is 5.75 Å². The fourth-order valence-corrected chi connectivity index (χ4v) is 4.89. The summed E-state index contributed by atoms with van der Waals surface area (Å²) in [5, 5.41) is 8.65. The highest BCUT2D eigenvalue weighted by atomic mass is 16.5. The van der Waals surface area contributed by atoms with Gasteiger partial charge < -0.3 is 14.1 Å². The molecule has 2 aromatic rings. The average Bonchev–Trinajstić information content (AvgIpc) is 3.28. The fourth-order valence-electron chi connectivity index (χ4n) is 4.89. The second kappa shape index (κ2) is 6.27. The molecule has 1 aromatic carbocycles. The maximum Gasteiger partial charge on any atom is 0.318 e. The molecule has 3 atom stereocenters. The number of hydrogen-bond donors (Lipinski definition) is 0. The molecular formula is C20H26N4O2. The third kappa shape index (κ3) is 2.58. The summed E-state index contributed by atoms with van der Waals surface area (Å²) >= 11 is 0. The Morgan fingerprint density at radius 1 is 1.08 bits per heavy atom. The Morgan fingerprint density at radius 2 is 1.88 bits per heavy atom. The van der Waals surface area contributed by atoms with Crippen molar-refractivity contribution in [2.45, 2.75) is 31.2 Å². The lowest BCUT2D eigenvalue weighted by atomic mass is 9.85. The Morgan fingerprint density at radius 3 is 2.58 bits per heavy atom. The van der Waals surface area contributed by atoms with Crippen molar-refractivity contribution in [3.63, 3.8) is 0 Å². The van der Waals surface area contributed by atoms with Gasteiger partial charge in [0.2, 0.25) is 5.89 Å². The first kappa shape index (κ1) is 16.1. The van der Waals surface area contributed by atoms with Gasteiger partial charge in [-0.05, 0) is 43.5 Å². The molecule has 26 heavy (non-hydrogen) atoms. The van der Waals surface area contributed by atoms with Crippen molar-refractivity contribution < 1.29 is 9.15 Å². The summed E-state index contributed by atoms with van der Waals surface area (Å²) in [4.78, 5) is 4.79. The first-order valence-electron chi connectivity index (χ1n) is 9.65. The number of benzene rings is 1. The zero-order valence-corrected chi connectivity index (χ0v) is 15.5. The molecule has 0 unspecified atom stereocenters. The third-order valence-corrected chi connectivity index (χ3v) is 6.51. The molecule has 6 heteroatoms. The van der Waals surface area contributed by atoms with Gasteiger partial charge >= 0.3 is 6.01 Å². The van der Waals surface area contributed by atoms with Gasteiger partial charge in [0.1, 0.15) is 5.75 Å². The van der Waals surface area contributed by atoms with E-state index < -0.39 is 0 Å². The molecule has 3 heterocycles. The largest absolute Gasteiger partial charge is 0.497 e. The van der Waals surface area contributed by atoms with E-state index in [1.54, 1.807) is 7.11 Å². The third-order valence-electron chi connectivity index (χ3n) is 6.51. The standard InChI is InChI=1S/C20H26N4O2/c1-23-10-15-11-24(20-22-21-19(26-20)14-4-3-5-14)12-17(15)18(23)13-6-8-16(25-2)9-7-13/h6-9,14-15,17-18H,3-5,10-12H2,1-2H3/t15-,17+,18+/m0/s1. The molecule has 2 aliphatic heterocycles. The second-order valence-electron chi connectivity index (χ2n) is 8.04. The van der Waals surface area contributed by atoms with Crippen LogP contribution in [0.3, 0.4) is 0 Å². The zero-order valence-electron chi connectivity index (χ0n) is 15.5. The molecule has 3 fully saturated rings. The second-order valence-corrected chi connectivity index (χ2v) is 8.04. The minimum atomic E-state index is 0.435. The minimum absolute atomic E-state index is 0.435. The van der Waals surface area contributed by atoms with Gasteiger partial charge in [-0.25, -0.2) is 0 Å². The molecule has 0 amide bonds. The molecule has 0 N–H and O–H groups in total. The summed E-state index contributed by atoms with van der Waals surface area (Å²) in [6.07, 6.45) is 3.67. The van der Waals surface area contributed by atoms with Gasteiger partial charge in [0, 0.05) is 37.5 Å². The van der Waals surface area contributed by atoms with E-state index in [-0.39, 0.29) is 0 Å². The number of ether oxygens (including phenoxy) is 1. The number of fused-ring (bicyclic) bond motifs is 1. The predicted octanol–water partition coefficient (Wildman–Crippen LogP) is 3.08. The normalized spacial score (nSPS) is 29.0. The van der Waals surface area contributed by atoms with E-state index in [2.05, 4.69) is 51.3 Å². The molecule has 0 spiro atoms. The van der Waals surface area contributed by atoms with Crippen LogP contribution in [0.1, 0.15) is 42.7 Å². The fraction of sp³-hybridized carbons (Fsp3) is 0.600. The van der Waals surface area contributed by atoms with Crippen LogP contribution in [-0.4, -0.2) is 48.9 Å². The first-order chi connectivity index (χ1) is 12.7. The first-order valence-corrected chi connectivity index (χ1v) is 9.65. The van der Waals surface area contributed by atoms with Gasteiger partial charge in [0.25, 0.3) is 0 Å². The summed E-state index contributed by atoms with van der Waals surface area (Å²) in [6, 6.07) is 9.68. The minimum Gasteiger partial charge on any atom is -0.497 e. The quantitative estimate of drug-likeness (QED) is 0.841. The number of anilines is 1. The van der Waals surface area contributed by atoms with Crippen molar-refractivity contribution in [3.05, 3.63) is 35.7 Å². The van der Waals surface area contributed by atoms with Gasteiger partial charge in [-0.3, -0.25) is 4.90 Å². The van der Waals surface area contributed by atoms with Crippen LogP contribution < -0.4 is 9.64 Å². The van der Waals surface area contributed by atoms with Gasteiger partial charge in [0.15, 0.2) is 0 Å². The van der Waals surface area contributed by atoms with E-state index in [1.807, 2.05) is 0 Å². The van der Waals surface area contributed by atoms with Crippen LogP contribution in [-0.2, 0) is 0 Å². The lowest BCUT2D eigenvalue weighted by Gasteiger charge is -2.26. The van der Waals surface area contributed by atoms with E-state index in [1.165, 1.54) is 24.8 Å². The van der Waals surface area contributed by atoms with Gasteiger partial charge in [-0.1, -0.05) is 23.7 Å². The van der Waals surface area contributed by atoms with Crippen LogP contribution in [0.5, 0.6) is 5.75 Å². The van der Waals surface area contributed by atoms with E-state index in [0.717, 1.165) is 37.3 Å². The molecule has 1 saturated carbocycles.